The number of carboxylic acids is 1. The summed E-state index contributed by atoms with van der Waals surface area (Å²) in [5.41, 5.74) is 1.62. The van der Waals surface area contributed by atoms with Gasteiger partial charge >= 0.3 is 18.2 Å². The highest BCUT2D eigenvalue weighted by molar-refractivity contribution is 5.93. The quantitative estimate of drug-likeness (QED) is 0.469. The molecule has 1 saturated carbocycles. The predicted octanol–water partition coefficient (Wildman–Crippen LogP) is 3.24. The topological polar surface area (TPSA) is 130 Å². The van der Waals surface area contributed by atoms with Crippen molar-refractivity contribution in [2.24, 2.45) is 5.92 Å². The van der Waals surface area contributed by atoms with Gasteiger partial charge in [0.15, 0.2) is 0 Å². The van der Waals surface area contributed by atoms with Crippen LogP contribution >= 0.6 is 0 Å². The molecule has 0 radical (unpaired) electrons. The number of morpholine rings is 1. The maximum absolute atomic E-state index is 12.0. The zero-order chi connectivity index (χ0) is 25.3. The Balaban J connectivity index is 0.000000429. The SMILES string of the molecule is O=C(Nc1ccc(-c2nnc(NCCCN3CCOCC3)o2)cc1)C1CCC1.O=C(O)C(F)(F)F. The first-order chi connectivity index (χ1) is 16.7. The zero-order valence-electron chi connectivity index (χ0n) is 19.0. The second-order valence-electron chi connectivity index (χ2n) is 8.14. The van der Waals surface area contributed by atoms with Crippen LogP contribution < -0.4 is 10.6 Å². The fourth-order valence-corrected chi connectivity index (χ4v) is 3.34. The number of anilines is 2. The highest BCUT2D eigenvalue weighted by Crippen LogP contribution is 2.28. The molecular formula is C22H28F3N5O5. The molecule has 2 aliphatic rings. The van der Waals surface area contributed by atoms with Gasteiger partial charge in [-0.2, -0.15) is 13.2 Å². The molecule has 2 heterocycles. The number of hydrogen-bond acceptors (Lipinski definition) is 8. The van der Waals surface area contributed by atoms with Crippen LogP contribution in [-0.4, -0.2) is 77.6 Å². The summed E-state index contributed by atoms with van der Waals surface area (Å²) in [4.78, 5) is 23.3. The van der Waals surface area contributed by atoms with Gasteiger partial charge in [0, 0.05) is 36.8 Å². The number of halogens is 3. The average Bonchev–Trinajstić information content (AvgIpc) is 3.25. The van der Waals surface area contributed by atoms with Crippen molar-refractivity contribution < 1.29 is 37.0 Å². The number of aliphatic carboxylic acids is 1. The number of carbonyl (C=O) groups excluding carboxylic acids is 1. The third-order valence-corrected chi connectivity index (χ3v) is 5.57. The van der Waals surface area contributed by atoms with E-state index in [0.717, 1.165) is 76.3 Å². The maximum atomic E-state index is 12.0. The molecule has 2 aromatic rings. The molecule has 1 aromatic heterocycles. The number of nitrogens with zero attached hydrogens (tertiary/aromatic N) is 3. The third kappa shape index (κ3) is 8.51. The van der Waals surface area contributed by atoms with E-state index in [9.17, 15) is 18.0 Å². The summed E-state index contributed by atoms with van der Waals surface area (Å²) in [5, 5.41) is 21.4. The van der Waals surface area contributed by atoms with Crippen LogP contribution in [0, 0.1) is 5.92 Å². The van der Waals surface area contributed by atoms with Crippen LogP contribution in [0.2, 0.25) is 0 Å². The molecular weight excluding hydrogens is 471 g/mol. The monoisotopic (exact) mass is 499 g/mol. The predicted molar refractivity (Wildman–Crippen MR) is 120 cm³/mol. The van der Waals surface area contributed by atoms with E-state index in [0.29, 0.717) is 11.9 Å². The molecule has 1 saturated heterocycles. The van der Waals surface area contributed by atoms with E-state index in [1.165, 1.54) is 0 Å². The van der Waals surface area contributed by atoms with E-state index < -0.39 is 12.1 Å². The number of nitrogens with one attached hydrogen (secondary N) is 2. The second-order valence-corrected chi connectivity index (χ2v) is 8.14. The van der Waals surface area contributed by atoms with Gasteiger partial charge in [0.1, 0.15) is 0 Å². The van der Waals surface area contributed by atoms with Crippen molar-refractivity contribution in [3.63, 3.8) is 0 Å². The number of hydrogen-bond donors (Lipinski definition) is 3. The summed E-state index contributed by atoms with van der Waals surface area (Å²) in [5.74, 6) is -2.01. The van der Waals surface area contributed by atoms with Gasteiger partial charge < -0.3 is 24.9 Å². The number of benzene rings is 1. The Kier molecular flexibility index (Phi) is 9.43. The Morgan fingerprint density at radius 3 is 2.34 bits per heavy atom. The molecule has 3 N–H and O–H groups in total. The van der Waals surface area contributed by atoms with Crippen molar-refractivity contribution in [1.29, 1.82) is 0 Å². The van der Waals surface area contributed by atoms with E-state index >= 15 is 0 Å². The Bertz CT molecular complexity index is 957. The summed E-state index contributed by atoms with van der Waals surface area (Å²) in [7, 11) is 0. The number of carboxylic acid groups (broad SMARTS) is 1. The number of ether oxygens (including phenoxy) is 1. The minimum atomic E-state index is -5.08. The van der Waals surface area contributed by atoms with Gasteiger partial charge in [0.2, 0.25) is 11.8 Å². The van der Waals surface area contributed by atoms with Crippen LogP contribution in [0.3, 0.4) is 0 Å². The normalized spacial score (nSPS) is 16.5. The molecule has 192 valence electrons. The van der Waals surface area contributed by atoms with Crippen molar-refractivity contribution in [1.82, 2.24) is 15.1 Å². The lowest BCUT2D eigenvalue weighted by Crippen LogP contribution is -2.37. The Morgan fingerprint density at radius 1 is 1.11 bits per heavy atom. The van der Waals surface area contributed by atoms with Gasteiger partial charge in [0.05, 0.1) is 13.2 Å². The van der Waals surface area contributed by atoms with Crippen LogP contribution in [0.15, 0.2) is 28.7 Å². The number of aromatic nitrogens is 2. The lowest BCUT2D eigenvalue weighted by Gasteiger charge is -2.26. The molecule has 13 heteroatoms. The van der Waals surface area contributed by atoms with Gasteiger partial charge in [-0.25, -0.2) is 4.79 Å². The number of rotatable bonds is 8. The van der Waals surface area contributed by atoms with E-state index in [1.807, 2.05) is 24.3 Å². The summed E-state index contributed by atoms with van der Waals surface area (Å²) >= 11 is 0. The molecule has 35 heavy (non-hydrogen) atoms. The molecule has 1 aliphatic heterocycles. The lowest BCUT2D eigenvalue weighted by molar-refractivity contribution is -0.192. The van der Waals surface area contributed by atoms with E-state index in [1.54, 1.807) is 0 Å². The standard InChI is InChI=1S/C20H27N5O3.C2HF3O2/c26-18(15-3-1-4-15)22-17-7-5-16(6-8-17)19-23-24-20(28-19)21-9-2-10-25-11-13-27-14-12-25;3-2(4,5)1(6)7/h5-8,15H,1-4,9-14H2,(H,21,24)(H,22,26);(H,6,7). The van der Waals surface area contributed by atoms with Crippen molar-refractivity contribution in [3.05, 3.63) is 24.3 Å². The molecule has 0 bridgehead atoms. The van der Waals surface area contributed by atoms with Crippen molar-refractivity contribution in [3.8, 4) is 11.5 Å². The highest BCUT2D eigenvalue weighted by Gasteiger charge is 2.38. The zero-order valence-corrected chi connectivity index (χ0v) is 19.0. The van der Waals surface area contributed by atoms with Gasteiger partial charge in [0.25, 0.3) is 0 Å². The molecule has 1 aromatic carbocycles. The Morgan fingerprint density at radius 2 is 1.77 bits per heavy atom. The van der Waals surface area contributed by atoms with E-state index in [4.69, 9.17) is 19.1 Å². The van der Waals surface area contributed by atoms with Gasteiger partial charge in [-0.1, -0.05) is 11.5 Å². The fraction of sp³-hybridized carbons (Fsp3) is 0.545. The highest BCUT2D eigenvalue weighted by atomic mass is 19.4. The molecule has 0 unspecified atom stereocenters. The minimum Gasteiger partial charge on any atom is -0.475 e. The van der Waals surface area contributed by atoms with Crippen molar-refractivity contribution in [2.75, 3.05) is 50.0 Å². The minimum absolute atomic E-state index is 0.111. The smallest absolute Gasteiger partial charge is 0.475 e. The molecule has 1 amide bonds. The molecule has 2 fully saturated rings. The first-order valence-corrected chi connectivity index (χ1v) is 11.3. The third-order valence-electron chi connectivity index (χ3n) is 5.57. The summed E-state index contributed by atoms with van der Waals surface area (Å²) in [6, 6.07) is 7.93. The number of amides is 1. The summed E-state index contributed by atoms with van der Waals surface area (Å²) in [6.07, 6.45) is -0.937. The summed E-state index contributed by atoms with van der Waals surface area (Å²) < 4.78 is 42.8. The van der Waals surface area contributed by atoms with Gasteiger partial charge in [-0.15, -0.1) is 5.10 Å². The molecule has 0 spiro atoms. The van der Waals surface area contributed by atoms with Gasteiger partial charge in [-0.3, -0.25) is 9.69 Å². The Labute approximate surface area is 199 Å². The molecule has 1 aliphatic carbocycles. The van der Waals surface area contributed by atoms with Gasteiger partial charge in [-0.05, 0) is 50.1 Å². The second kappa shape index (κ2) is 12.5. The van der Waals surface area contributed by atoms with Crippen LogP contribution in [0.25, 0.3) is 11.5 Å². The largest absolute Gasteiger partial charge is 0.490 e. The number of carbonyl (C=O) groups is 2. The molecule has 0 atom stereocenters. The maximum Gasteiger partial charge on any atom is 0.490 e. The first kappa shape index (κ1) is 26.4. The van der Waals surface area contributed by atoms with Crippen molar-refractivity contribution in [2.45, 2.75) is 31.9 Å². The van der Waals surface area contributed by atoms with Crippen molar-refractivity contribution >= 4 is 23.6 Å². The van der Waals surface area contributed by atoms with Crippen LogP contribution in [0.1, 0.15) is 25.7 Å². The molecule has 10 nitrogen and oxygen atoms in total. The Hall–Kier alpha value is -3.19. The van der Waals surface area contributed by atoms with E-state index in [-0.39, 0.29) is 11.8 Å². The van der Waals surface area contributed by atoms with E-state index in [2.05, 4.69) is 25.7 Å². The van der Waals surface area contributed by atoms with Crippen LogP contribution in [-0.2, 0) is 14.3 Å². The lowest BCUT2D eigenvalue weighted by atomic mass is 9.85. The van der Waals surface area contributed by atoms with Crippen LogP contribution in [0.4, 0.5) is 24.9 Å². The first-order valence-electron chi connectivity index (χ1n) is 11.3. The van der Waals surface area contributed by atoms with Crippen LogP contribution in [0.5, 0.6) is 0 Å². The average molecular weight is 499 g/mol. The number of alkyl halides is 3. The fourth-order valence-electron chi connectivity index (χ4n) is 3.34. The molecule has 4 rings (SSSR count). The summed E-state index contributed by atoms with van der Waals surface area (Å²) in [6.45, 7) is 5.47.